The van der Waals surface area contributed by atoms with Crippen LogP contribution in [0.1, 0.15) is 22.8 Å². The summed E-state index contributed by atoms with van der Waals surface area (Å²) in [5.74, 6) is -1.18. The number of carbonyl (C=O) groups excluding carboxylic acids is 2. The number of tetrazole rings is 1. The molecule has 9 nitrogen and oxygen atoms in total. The normalized spacial score (nSPS) is 11.3. The molecule has 1 N–H and O–H groups in total. The largest absolute Gasteiger partial charge is 0.449 e. The van der Waals surface area contributed by atoms with Gasteiger partial charge in [0, 0.05) is 5.69 Å². The first kappa shape index (κ1) is 19.0. The topological polar surface area (TPSA) is 123 Å². The lowest BCUT2D eigenvalue weighted by atomic mass is 10.2. The van der Waals surface area contributed by atoms with Crippen molar-refractivity contribution in [3.05, 3.63) is 64.9 Å². The number of hydrogen-bond donors (Lipinski definition) is 1. The number of ether oxygens (including phenoxy) is 1. The molecule has 0 saturated heterocycles. The van der Waals surface area contributed by atoms with Gasteiger partial charge in [-0.25, -0.2) is 9.48 Å². The second-order valence-corrected chi connectivity index (χ2v) is 6.05. The van der Waals surface area contributed by atoms with E-state index in [0.29, 0.717) is 16.9 Å². The number of rotatable bonds is 5. The smallest absolute Gasteiger partial charge is 0.338 e. The molecule has 3 rings (SSSR count). The van der Waals surface area contributed by atoms with Crippen LogP contribution >= 0.6 is 11.6 Å². The van der Waals surface area contributed by atoms with Crippen molar-refractivity contribution >= 4 is 29.2 Å². The van der Waals surface area contributed by atoms with E-state index >= 15 is 0 Å². The van der Waals surface area contributed by atoms with Crippen LogP contribution in [-0.2, 0) is 9.53 Å². The first-order chi connectivity index (χ1) is 13.5. The fourth-order valence-corrected chi connectivity index (χ4v) is 2.46. The Kier molecular flexibility index (Phi) is 5.62. The lowest BCUT2D eigenvalue weighted by Crippen LogP contribution is -2.30. The Bertz CT molecular complexity index is 1040. The maximum absolute atomic E-state index is 12.2. The third-order valence-electron chi connectivity index (χ3n) is 3.73. The number of halogens is 1. The van der Waals surface area contributed by atoms with E-state index in [0.717, 1.165) is 0 Å². The van der Waals surface area contributed by atoms with Gasteiger partial charge in [0.15, 0.2) is 6.10 Å². The van der Waals surface area contributed by atoms with Crippen molar-refractivity contribution in [1.29, 1.82) is 5.26 Å². The summed E-state index contributed by atoms with van der Waals surface area (Å²) in [4.78, 5) is 24.5. The third-order valence-corrected chi connectivity index (χ3v) is 4.04. The van der Waals surface area contributed by atoms with Crippen LogP contribution in [0.2, 0.25) is 5.02 Å². The maximum atomic E-state index is 12.2. The molecule has 1 amide bonds. The maximum Gasteiger partial charge on any atom is 0.338 e. The van der Waals surface area contributed by atoms with E-state index in [1.54, 1.807) is 24.3 Å². The van der Waals surface area contributed by atoms with Crippen molar-refractivity contribution in [2.75, 3.05) is 5.32 Å². The van der Waals surface area contributed by atoms with Crippen LogP contribution in [0.4, 0.5) is 5.69 Å². The zero-order chi connectivity index (χ0) is 20.1. The van der Waals surface area contributed by atoms with Crippen molar-refractivity contribution in [1.82, 2.24) is 20.2 Å². The predicted octanol–water partition coefficient (Wildman–Crippen LogP) is 2.37. The molecule has 1 atom stereocenters. The summed E-state index contributed by atoms with van der Waals surface area (Å²) in [5, 5.41) is 22.5. The van der Waals surface area contributed by atoms with Crippen LogP contribution in [0.15, 0.2) is 48.8 Å². The average Bonchev–Trinajstić information content (AvgIpc) is 3.23. The Morgan fingerprint density at radius 1 is 1.25 bits per heavy atom. The number of aromatic nitrogens is 4. The van der Waals surface area contributed by atoms with E-state index in [2.05, 4.69) is 20.8 Å². The van der Waals surface area contributed by atoms with E-state index < -0.39 is 18.0 Å². The molecule has 2 aromatic carbocycles. The van der Waals surface area contributed by atoms with Gasteiger partial charge in [0.2, 0.25) is 0 Å². The molecule has 0 aliphatic carbocycles. The second-order valence-electron chi connectivity index (χ2n) is 5.64. The third kappa shape index (κ3) is 4.31. The highest BCUT2D eigenvalue weighted by Crippen LogP contribution is 2.20. The summed E-state index contributed by atoms with van der Waals surface area (Å²) in [7, 11) is 0. The molecule has 1 heterocycles. The molecule has 0 aliphatic heterocycles. The zero-order valence-corrected chi connectivity index (χ0v) is 15.3. The number of hydrogen-bond acceptors (Lipinski definition) is 7. The van der Waals surface area contributed by atoms with Crippen molar-refractivity contribution in [2.24, 2.45) is 0 Å². The first-order valence-corrected chi connectivity index (χ1v) is 8.40. The number of nitrogens with zero attached hydrogens (tertiary/aromatic N) is 5. The van der Waals surface area contributed by atoms with Crippen LogP contribution in [0.25, 0.3) is 5.69 Å². The quantitative estimate of drug-likeness (QED) is 0.656. The zero-order valence-electron chi connectivity index (χ0n) is 14.5. The molecule has 28 heavy (non-hydrogen) atoms. The summed E-state index contributed by atoms with van der Waals surface area (Å²) >= 11 is 5.93. The standard InChI is InChI=1S/C18H13ClN6O3/c1-11(17(26)22-14-5-2-13(9-20)16(19)8-14)28-18(27)12-3-6-15(7-4-12)25-10-21-23-24-25/h2-8,10-11H,1H3,(H,22,26)/t11-/m0/s1. The van der Waals surface area contributed by atoms with Gasteiger partial charge in [-0.2, -0.15) is 5.26 Å². The Labute approximate surface area is 164 Å². The number of esters is 1. The fraction of sp³-hybridized carbons (Fsp3) is 0.111. The molecule has 140 valence electrons. The van der Waals surface area contributed by atoms with Crippen LogP contribution in [0.3, 0.4) is 0 Å². The molecule has 0 aliphatic rings. The van der Waals surface area contributed by atoms with Crippen molar-refractivity contribution in [2.45, 2.75) is 13.0 Å². The van der Waals surface area contributed by atoms with Crippen molar-refractivity contribution in [3.63, 3.8) is 0 Å². The van der Waals surface area contributed by atoms with Gasteiger partial charge >= 0.3 is 5.97 Å². The van der Waals surface area contributed by atoms with E-state index in [-0.39, 0.29) is 10.6 Å². The van der Waals surface area contributed by atoms with Crippen LogP contribution in [-0.4, -0.2) is 38.2 Å². The van der Waals surface area contributed by atoms with Crippen LogP contribution in [0, 0.1) is 11.3 Å². The van der Waals surface area contributed by atoms with Crippen molar-refractivity contribution < 1.29 is 14.3 Å². The molecule has 0 radical (unpaired) electrons. The molecule has 0 unspecified atom stereocenters. The summed E-state index contributed by atoms with van der Waals surface area (Å²) in [6, 6.07) is 12.8. The Hall–Kier alpha value is -3.77. The van der Waals surface area contributed by atoms with Gasteiger partial charge < -0.3 is 10.1 Å². The Balaban J connectivity index is 1.61. The van der Waals surface area contributed by atoms with E-state index in [1.807, 2.05) is 6.07 Å². The van der Waals surface area contributed by atoms with Gasteiger partial charge in [-0.1, -0.05) is 11.6 Å². The van der Waals surface area contributed by atoms with Crippen LogP contribution < -0.4 is 5.32 Å². The molecule has 0 saturated carbocycles. The van der Waals surface area contributed by atoms with Gasteiger partial charge in [0.1, 0.15) is 12.4 Å². The molecule has 1 aromatic heterocycles. The van der Waals surface area contributed by atoms with Gasteiger partial charge in [-0.3, -0.25) is 4.79 Å². The highest BCUT2D eigenvalue weighted by molar-refractivity contribution is 6.32. The SMILES string of the molecule is C[C@H](OC(=O)c1ccc(-n2cnnn2)cc1)C(=O)Nc1ccc(C#N)c(Cl)c1. The highest BCUT2D eigenvalue weighted by Gasteiger charge is 2.19. The van der Waals surface area contributed by atoms with E-state index in [4.69, 9.17) is 21.6 Å². The fourth-order valence-electron chi connectivity index (χ4n) is 2.24. The minimum absolute atomic E-state index is 0.215. The number of amides is 1. The summed E-state index contributed by atoms with van der Waals surface area (Å²) in [5.41, 5.74) is 1.63. The number of anilines is 1. The predicted molar refractivity (Wildman–Crippen MR) is 98.8 cm³/mol. The number of nitrogens with one attached hydrogen (secondary N) is 1. The minimum Gasteiger partial charge on any atom is -0.449 e. The van der Waals surface area contributed by atoms with Gasteiger partial charge in [-0.15, -0.1) is 5.10 Å². The molecule has 0 bridgehead atoms. The first-order valence-electron chi connectivity index (χ1n) is 8.03. The number of carbonyl (C=O) groups is 2. The van der Waals surface area contributed by atoms with Gasteiger partial charge in [-0.05, 0) is 59.8 Å². The molecule has 3 aromatic rings. The summed E-state index contributed by atoms with van der Waals surface area (Å²) in [6.45, 7) is 1.45. The Morgan fingerprint density at radius 3 is 2.61 bits per heavy atom. The van der Waals surface area contributed by atoms with E-state index in [1.165, 1.54) is 36.1 Å². The van der Waals surface area contributed by atoms with Crippen LogP contribution in [0.5, 0.6) is 0 Å². The molecule has 10 heteroatoms. The van der Waals surface area contributed by atoms with Crippen molar-refractivity contribution in [3.8, 4) is 11.8 Å². The molecule has 0 spiro atoms. The second kappa shape index (κ2) is 8.28. The number of nitriles is 1. The van der Waals surface area contributed by atoms with Gasteiger partial charge in [0.05, 0.1) is 21.8 Å². The minimum atomic E-state index is -1.04. The Morgan fingerprint density at radius 2 is 2.00 bits per heavy atom. The lowest BCUT2D eigenvalue weighted by molar-refractivity contribution is -0.123. The summed E-state index contributed by atoms with van der Waals surface area (Å²) < 4.78 is 6.63. The monoisotopic (exact) mass is 396 g/mol. The summed E-state index contributed by atoms with van der Waals surface area (Å²) in [6.07, 6.45) is 0.385. The van der Waals surface area contributed by atoms with E-state index in [9.17, 15) is 9.59 Å². The average molecular weight is 397 g/mol. The lowest BCUT2D eigenvalue weighted by Gasteiger charge is -2.14. The number of benzene rings is 2. The molecular formula is C18H13ClN6O3. The molecule has 0 fully saturated rings. The molecular weight excluding hydrogens is 384 g/mol. The highest BCUT2D eigenvalue weighted by atomic mass is 35.5. The van der Waals surface area contributed by atoms with Gasteiger partial charge in [0.25, 0.3) is 5.91 Å².